The van der Waals surface area contributed by atoms with E-state index in [4.69, 9.17) is 14.2 Å². The third-order valence-electron chi connectivity index (χ3n) is 5.81. The van der Waals surface area contributed by atoms with Crippen LogP contribution in [0.1, 0.15) is 50.6 Å². The smallest absolute Gasteiger partial charge is 0.104 e. The molecule has 1 N–H and O–H groups in total. The van der Waals surface area contributed by atoms with Crippen molar-refractivity contribution in [3.63, 3.8) is 0 Å². The van der Waals surface area contributed by atoms with Gasteiger partial charge in [-0.05, 0) is 56.6 Å². The Morgan fingerprint density at radius 1 is 0.567 bits per heavy atom. The molecule has 0 atom stereocenters. The van der Waals surface area contributed by atoms with E-state index in [0.717, 1.165) is 28.8 Å². The van der Waals surface area contributed by atoms with Crippen LogP contribution in [-0.4, -0.2) is 5.11 Å². The van der Waals surface area contributed by atoms with E-state index in [-0.39, 0.29) is 0 Å². The van der Waals surface area contributed by atoms with Crippen molar-refractivity contribution < 1.29 is 19.3 Å². The van der Waals surface area contributed by atoms with E-state index in [1.807, 2.05) is 18.2 Å². The molecule has 0 bridgehead atoms. The zero-order chi connectivity index (χ0) is 20.5. The summed E-state index contributed by atoms with van der Waals surface area (Å²) in [6.45, 7) is 4.21. The van der Waals surface area contributed by atoms with Gasteiger partial charge in [0, 0.05) is 4.47 Å². The molecule has 0 amide bonds. The van der Waals surface area contributed by atoms with Crippen molar-refractivity contribution in [2.75, 3.05) is 0 Å². The van der Waals surface area contributed by atoms with E-state index >= 15 is 0 Å². The average Bonchev–Trinajstić information content (AvgIpc) is 3.51. The summed E-state index contributed by atoms with van der Waals surface area (Å²) >= 11 is 3.41. The third kappa shape index (κ3) is 4.09. The predicted molar refractivity (Wildman–Crippen MR) is 117 cm³/mol. The standard InChI is InChI=1S/C17H16O3.C8H7BrO/c18-17(11-1-3-13-7-19-9-15(13)5-11)12-2-4-14-8-20-10-16(14)6-12;9-8-2-1-6-4-10-5-7(6)3-8/h1-6,17-18H,7-10H2;1-3H,4-5H2. The largest absolute Gasteiger partial charge is 0.384 e. The second kappa shape index (κ2) is 8.61. The maximum Gasteiger partial charge on any atom is 0.104 e. The first-order valence-electron chi connectivity index (χ1n) is 10.1. The maximum atomic E-state index is 10.6. The van der Waals surface area contributed by atoms with E-state index in [1.165, 1.54) is 33.4 Å². The molecule has 4 nitrogen and oxygen atoms in total. The van der Waals surface area contributed by atoms with E-state index in [0.29, 0.717) is 26.4 Å². The predicted octanol–water partition coefficient (Wildman–Crippen LogP) is 5.31. The molecule has 3 aromatic rings. The number of benzene rings is 3. The van der Waals surface area contributed by atoms with Crippen LogP contribution in [0.3, 0.4) is 0 Å². The van der Waals surface area contributed by atoms with Crippen LogP contribution >= 0.6 is 15.9 Å². The molecule has 0 unspecified atom stereocenters. The third-order valence-corrected chi connectivity index (χ3v) is 6.30. The van der Waals surface area contributed by atoms with E-state index in [9.17, 15) is 5.11 Å². The zero-order valence-corrected chi connectivity index (χ0v) is 18.2. The lowest BCUT2D eigenvalue weighted by Crippen LogP contribution is -2.01. The number of rotatable bonds is 2. The van der Waals surface area contributed by atoms with Gasteiger partial charge in [-0.2, -0.15) is 0 Å². The Hall–Kier alpha value is -2.02. The maximum absolute atomic E-state index is 10.6. The molecule has 6 rings (SSSR count). The second-order valence-corrected chi connectivity index (χ2v) is 8.77. The van der Waals surface area contributed by atoms with Gasteiger partial charge in [-0.1, -0.05) is 58.4 Å². The van der Waals surface area contributed by atoms with Crippen molar-refractivity contribution in [1.82, 2.24) is 0 Å². The molecule has 0 fully saturated rings. The Kier molecular flexibility index (Phi) is 5.72. The normalized spacial score (nSPS) is 16.1. The van der Waals surface area contributed by atoms with Crippen LogP contribution in [-0.2, 0) is 53.9 Å². The summed E-state index contributed by atoms with van der Waals surface area (Å²) in [6.07, 6.45) is -0.591. The van der Waals surface area contributed by atoms with Crippen molar-refractivity contribution in [2.24, 2.45) is 0 Å². The van der Waals surface area contributed by atoms with Crippen LogP contribution in [0.25, 0.3) is 0 Å². The fourth-order valence-electron chi connectivity index (χ4n) is 4.06. The van der Waals surface area contributed by atoms with Crippen LogP contribution in [0.5, 0.6) is 0 Å². The summed E-state index contributed by atoms with van der Waals surface area (Å²) in [5, 5.41) is 10.6. The van der Waals surface area contributed by atoms with Gasteiger partial charge in [0.15, 0.2) is 0 Å². The van der Waals surface area contributed by atoms with Crippen LogP contribution in [0.2, 0.25) is 0 Å². The minimum atomic E-state index is -0.591. The summed E-state index contributed by atoms with van der Waals surface area (Å²) in [4.78, 5) is 0. The molecule has 30 heavy (non-hydrogen) atoms. The van der Waals surface area contributed by atoms with Crippen LogP contribution in [0.4, 0.5) is 0 Å². The highest BCUT2D eigenvalue weighted by Crippen LogP contribution is 2.30. The first-order chi connectivity index (χ1) is 14.7. The van der Waals surface area contributed by atoms with Gasteiger partial charge in [0.2, 0.25) is 0 Å². The molecule has 3 aromatic carbocycles. The van der Waals surface area contributed by atoms with Gasteiger partial charge < -0.3 is 19.3 Å². The fourth-order valence-corrected chi connectivity index (χ4v) is 4.47. The number of aliphatic hydroxyl groups is 1. The molecule has 0 radical (unpaired) electrons. The van der Waals surface area contributed by atoms with Crippen molar-refractivity contribution in [3.8, 4) is 0 Å². The summed E-state index contributed by atoms with van der Waals surface area (Å²) < 4.78 is 17.2. The quantitative estimate of drug-likeness (QED) is 0.555. The minimum Gasteiger partial charge on any atom is -0.384 e. The summed E-state index contributed by atoms with van der Waals surface area (Å²) in [7, 11) is 0. The summed E-state index contributed by atoms with van der Waals surface area (Å²) in [5.74, 6) is 0. The van der Waals surface area contributed by atoms with Crippen LogP contribution in [0, 0.1) is 0 Å². The van der Waals surface area contributed by atoms with Crippen molar-refractivity contribution >= 4 is 15.9 Å². The lowest BCUT2D eigenvalue weighted by molar-refractivity contribution is 0.134. The lowest BCUT2D eigenvalue weighted by Gasteiger charge is -2.13. The fraction of sp³-hybridized carbons (Fsp3) is 0.280. The summed E-state index contributed by atoms with van der Waals surface area (Å²) in [5.41, 5.74) is 9.31. The highest BCUT2D eigenvalue weighted by atomic mass is 79.9. The van der Waals surface area contributed by atoms with Gasteiger partial charge in [-0.3, -0.25) is 0 Å². The molecule has 3 heterocycles. The topological polar surface area (TPSA) is 47.9 Å². The first kappa shape index (κ1) is 19.9. The first-order valence-corrected chi connectivity index (χ1v) is 10.9. The van der Waals surface area contributed by atoms with Gasteiger partial charge in [0.05, 0.1) is 39.6 Å². The molecule has 0 spiro atoms. The molecule has 5 heteroatoms. The minimum absolute atomic E-state index is 0.591. The van der Waals surface area contributed by atoms with Crippen molar-refractivity contribution in [1.29, 1.82) is 0 Å². The molecule has 0 aromatic heterocycles. The Balaban J connectivity index is 0.000000161. The van der Waals surface area contributed by atoms with Gasteiger partial charge in [0.1, 0.15) is 6.10 Å². The number of hydrogen-bond donors (Lipinski definition) is 1. The van der Waals surface area contributed by atoms with Gasteiger partial charge >= 0.3 is 0 Å². The SMILES string of the molecule is Brc1ccc2c(c1)COC2.OC(c1ccc2c(c1)COC2)c1ccc2c(c1)COC2. The van der Waals surface area contributed by atoms with Gasteiger partial charge in [0.25, 0.3) is 0 Å². The zero-order valence-electron chi connectivity index (χ0n) is 16.6. The number of halogens is 1. The summed E-state index contributed by atoms with van der Waals surface area (Å²) in [6, 6.07) is 18.5. The van der Waals surface area contributed by atoms with Crippen molar-refractivity contribution in [3.05, 3.63) is 104 Å². The molecular weight excluding hydrogens is 444 g/mol. The molecule has 0 aliphatic carbocycles. The second-order valence-electron chi connectivity index (χ2n) is 7.85. The van der Waals surface area contributed by atoms with Crippen LogP contribution < -0.4 is 0 Å². The molecule has 3 aliphatic heterocycles. The van der Waals surface area contributed by atoms with Gasteiger partial charge in [-0.15, -0.1) is 0 Å². The molecule has 154 valence electrons. The van der Waals surface area contributed by atoms with E-state index in [2.05, 4.69) is 52.3 Å². The molecule has 0 saturated carbocycles. The number of ether oxygens (including phenoxy) is 3. The highest BCUT2D eigenvalue weighted by molar-refractivity contribution is 9.10. The Morgan fingerprint density at radius 2 is 0.967 bits per heavy atom. The number of aliphatic hydroxyl groups excluding tert-OH is 1. The van der Waals surface area contributed by atoms with Crippen molar-refractivity contribution in [2.45, 2.75) is 45.7 Å². The monoisotopic (exact) mass is 466 g/mol. The van der Waals surface area contributed by atoms with E-state index < -0.39 is 6.10 Å². The Morgan fingerprint density at radius 3 is 1.47 bits per heavy atom. The number of fused-ring (bicyclic) bond motifs is 3. The average molecular weight is 467 g/mol. The molecule has 0 saturated heterocycles. The lowest BCUT2D eigenvalue weighted by atomic mass is 9.96. The van der Waals surface area contributed by atoms with Gasteiger partial charge in [-0.25, -0.2) is 0 Å². The Bertz CT molecular complexity index is 1020. The Labute approximate surface area is 184 Å². The molecule has 3 aliphatic rings. The molecular formula is C25H23BrO4. The van der Waals surface area contributed by atoms with E-state index in [1.54, 1.807) is 0 Å². The highest BCUT2D eigenvalue weighted by Gasteiger charge is 2.18. The van der Waals surface area contributed by atoms with Crippen LogP contribution in [0.15, 0.2) is 59.1 Å². The number of hydrogen-bond acceptors (Lipinski definition) is 4.